The summed E-state index contributed by atoms with van der Waals surface area (Å²) < 4.78 is 11.5. The third-order valence-corrected chi connectivity index (χ3v) is 4.71. The maximum Gasteiger partial charge on any atom is 0.119 e. The maximum absolute atomic E-state index is 8.98. The van der Waals surface area contributed by atoms with E-state index in [1.807, 2.05) is 6.07 Å². The standard InChI is InChI=1S/C17H25NO3/c1-20-12-7-8-16-14(11-12)17-13(5-4-10-21-17)15(18-16)6-2-3-9-19/h7-8,11,13,15,17-19H,2-6,9-10H2,1H3/t13-,15-,17-/m0/s1. The molecule has 0 aliphatic carbocycles. The Morgan fingerprint density at radius 2 is 2.29 bits per heavy atom. The van der Waals surface area contributed by atoms with Gasteiger partial charge in [-0.2, -0.15) is 0 Å². The minimum atomic E-state index is 0.184. The summed E-state index contributed by atoms with van der Waals surface area (Å²) in [6.07, 6.45) is 5.56. The minimum absolute atomic E-state index is 0.184. The van der Waals surface area contributed by atoms with E-state index >= 15 is 0 Å². The molecule has 1 saturated heterocycles. The Bertz CT molecular complexity index is 477. The van der Waals surface area contributed by atoms with Crippen molar-refractivity contribution < 1.29 is 14.6 Å². The van der Waals surface area contributed by atoms with Crippen LogP contribution in [0.3, 0.4) is 0 Å². The van der Waals surface area contributed by atoms with Crippen molar-refractivity contribution in [2.45, 2.75) is 44.2 Å². The quantitative estimate of drug-likeness (QED) is 0.818. The number of ether oxygens (including phenoxy) is 2. The lowest BCUT2D eigenvalue weighted by Crippen LogP contribution is -2.41. The lowest BCUT2D eigenvalue weighted by molar-refractivity contribution is -0.0388. The van der Waals surface area contributed by atoms with Crippen LogP contribution < -0.4 is 10.1 Å². The van der Waals surface area contributed by atoms with E-state index in [0.717, 1.165) is 38.0 Å². The van der Waals surface area contributed by atoms with Gasteiger partial charge in [0.05, 0.1) is 13.2 Å². The molecule has 116 valence electrons. The number of nitrogens with one attached hydrogen (secondary N) is 1. The number of hydrogen-bond acceptors (Lipinski definition) is 4. The Balaban J connectivity index is 1.83. The van der Waals surface area contributed by atoms with Crippen molar-refractivity contribution in [2.24, 2.45) is 5.92 Å². The van der Waals surface area contributed by atoms with Crippen LogP contribution >= 0.6 is 0 Å². The molecule has 2 aliphatic rings. The van der Waals surface area contributed by atoms with Crippen LogP contribution in [-0.2, 0) is 4.74 Å². The Morgan fingerprint density at radius 3 is 3.10 bits per heavy atom. The predicted octanol–water partition coefficient (Wildman–Crippen LogP) is 3.12. The van der Waals surface area contributed by atoms with Crippen LogP contribution in [0.25, 0.3) is 0 Å². The van der Waals surface area contributed by atoms with Gasteiger partial charge in [-0.25, -0.2) is 0 Å². The number of rotatable bonds is 5. The lowest BCUT2D eigenvalue weighted by atomic mass is 9.78. The summed E-state index contributed by atoms with van der Waals surface area (Å²) in [7, 11) is 1.70. The van der Waals surface area contributed by atoms with Crippen molar-refractivity contribution in [3.05, 3.63) is 23.8 Å². The first-order valence-electron chi connectivity index (χ1n) is 8.00. The molecule has 0 spiro atoms. The molecule has 0 saturated carbocycles. The number of aliphatic hydroxyl groups excluding tert-OH is 1. The molecule has 1 aromatic rings. The highest BCUT2D eigenvalue weighted by Crippen LogP contribution is 2.45. The van der Waals surface area contributed by atoms with Gasteiger partial charge in [0.25, 0.3) is 0 Å². The average Bonchev–Trinajstić information content (AvgIpc) is 2.55. The van der Waals surface area contributed by atoms with Gasteiger partial charge < -0.3 is 19.9 Å². The van der Waals surface area contributed by atoms with Gasteiger partial charge >= 0.3 is 0 Å². The zero-order valence-corrected chi connectivity index (χ0v) is 12.7. The third kappa shape index (κ3) is 3.01. The first-order chi connectivity index (χ1) is 10.3. The number of unbranched alkanes of at least 4 members (excludes halogenated alkanes) is 1. The van der Waals surface area contributed by atoms with Crippen LogP contribution in [0.15, 0.2) is 18.2 Å². The largest absolute Gasteiger partial charge is 0.497 e. The second kappa shape index (κ2) is 6.67. The van der Waals surface area contributed by atoms with E-state index in [2.05, 4.69) is 17.4 Å². The number of fused-ring (bicyclic) bond motifs is 3. The van der Waals surface area contributed by atoms with Crippen molar-refractivity contribution in [1.82, 2.24) is 0 Å². The van der Waals surface area contributed by atoms with Crippen LogP contribution in [0.1, 0.15) is 43.8 Å². The molecule has 0 aromatic heterocycles. The summed E-state index contributed by atoms with van der Waals surface area (Å²) >= 11 is 0. The summed E-state index contributed by atoms with van der Waals surface area (Å²) in [5.41, 5.74) is 2.41. The fourth-order valence-corrected chi connectivity index (χ4v) is 3.64. The summed E-state index contributed by atoms with van der Waals surface area (Å²) in [4.78, 5) is 0. The molecule has 3 atom stereocenters. The van der Waals surface area contributed by atoms with Crippen molar-refractivity contribution in [1.29, 1.82) is 0 Å². The number of hydrogen-bond donors (Lipinski definition) is 2. The van der Waals surface area contributed by atoms with E-state index in [-0.39, 0.29) is 12.7 Å². The Labute approximate surface area is 126 Å². The number of aliphatic hydroxyl groups is 1. The number of methoxy groups -OCH3 is 1. The number of benzene rings is 1. The first kappa shape index (κ1) is 14.7. The first-order valence-corrected chi connectivity index (χ1v) is 8.00. The fourth-order valence-electron chi connectivity index (χ4n) is 3.64. The monoisotopic (exact) mass is 291 g/mol. The Hall–Kier alpha value is -1.26. The van der Waals surface area contributed by atoms with Gasteiger partial charge in [-0.15, -0.1) is 0 Å². The van der Waals surface area contributed by atoms with Crippen molar-refractivity contribution >= 4 is 5.69 Å². The zero-order valence-electron chi connectivity index (χ0n) is 12.7. The molecule has 4 nitrogen and oxygen atoms in total. The summed E-state index contributed by atoms with van der Waals surface area (Å²) in [5, 5.41) is 12.7. The second-order valence-corrected chi connectivity index (χ2v) is 6.02. The zero-order chi connectivity index (χ0) is 14.7. The van der Waals surface area contributed by atoms with E-state index in [4.69, 9.17) is 14.6 Å². The normalized spacial score (nSPS) is 27.4. The van der Waals surface area contributed by atoms with Crippen molar-refractivity contribution in [3.8, 4) is 5.75 Å². The van der Waals surface area contributed by atoms with Crippen LogP contribution in [0.2, 0.25) is 0 Å². The third-order valence-electron chi connectivity index (χ3n) is 4.71. The molecule has 2 heterocycles. The van der Waals surface area contributed by atoms with E-state index in [1.54, 1.807) is 7.11 Å². The predicted molar refractivity (Wildman–Crippen MR) is 82.8 cm³/mol. The van der Waals surface area contributed by atoms with Crippen LogP contribution in [-0.4, -0.2) is 31.5 Å². The van der Waals surface area contributed by atoms with Gasteiger partial charge in [-0.05, 0) is 50.3 Å². The molecule has 2 aliphatic heterocycles. The molecule has 0 bridgehead atoms. The van der Waals surface area contributed by atoms with Crippen LogP contribution in [0.4, 0.5) is 5.69 Å². The smallest absolute Gasteiger partial charge is 0.119 e. The molecule has 0 unspecified atom stereocenters. The molecule has 1 aromatic carbocycles. The summed E-state index contributed by atoms with van der Waals surface area (Å²) in [6.45, 7) is 1.13. The highest BCUT2D eigenvalue weighted by atomic mass is 16.5. The topological polar surface area (TPSA) is 50.7 Å². The molecular weight excluding hydrogens is 266 g/mol. The fraction of sp³-hybridized carbons (Fsp3) is 0.647. The molecule has 2 N–H and O–H groups in total. The maximum atomic E-state index is 8.98. The van der Waals surface area contributed by atoms with Gasteiger partial charge in [0.2, 0.25) is 0 Å². The molecule has 21 heavy (non-hydrogen) atoms. The molecule has 0 amide bonds. The highest BCUT2D eigenvalue weighted by Gasteiger charge is 2.38. The van der Waals surface area contributed by atoms with Crippen molar-refractivity contribution in [2.75, 3.05) is 25.6 Å². The van der Waals surface area contributed by atoms with Gasteiger partial charge in [0, 0.05) is 36.4 Å². The van der Waals surface area contributed by atoms with Gasteiger partial charge in [-0.1, -0.05) is 0 Å². The average molecular weight is 291 g/mol. The lowest BCUT2D eigenvalue weighted by Gasteiger charge is -2.43. The van der Waals surface area contributed by atoms with Gasteiger partial charge in [0.15, 0.2) is 0 Å². The second-order valence-electron chi connectivity index (χ2n) is 6.02. The Kier molecular flexibility index (Phi) is 4.66. The molecular formula is C17H25NO3. The van der Waals surface area contributed by atoms with Gasteiger partial charge in [0.1, 0.15) is 5.75 Å². The van der Waals surface area contributed by atoms with Gasteiger partial charge in [-0.3, -0.25) is 0 Å². The van der Waals surface area contributed by atoms with Crippen LogP contribution in [0.5, 0.6) is 5.75 Å². The Morgan fingerprint density at radius 1 is 1.38 bits per heavy atom. The number of anilines is 1. The van der Waals surface area contributed by atoms with E-state index in [0.29, 0.717) is 12.0 Å². The molecule has 4 heteroatoms. The highest BCUT2D eigenvalue weighted by molar-refractivity contribution is 5.58. The van der Waals surface area contributed by atoms with E-state index < -0.39 is 0 Å². The SMILES string of the molecule is COc1ccc2c(c1)[C@H]1OCCC[C@H]1[C@H](CCCCO)N2. The molecule has 0 radical (unpaired) electrons. The van der Waals surface area contributed by atoms with E-state index in [9.17, 15) is 0 Å². The van der Waals surface area contributed by atoms with E-state index in [1.165, 1.54) is 17.7 Å². The minimum Gasteiger partial charge on any atom is -0.497 e. The summed E-state index contributed by atoms with van der Waals surface area (Å²) in [5.74, 6) is 1.42. The molecule has 3 rings (SSSR count). The molecule has 1 fully saturated rings. The summed E-state index contributed by atoms with van der Waals surface area (Å²) in [6, 6.07) is 6.65. The van der Waals surface area contributed by atoms with Crippen LogP contribution in [0, 0.1) is 5.92 Å². The van der Waals surface area contributed by atoms with Crippen molar-refractivity contribution in [3.63, 3.8) is 0 Å².